The first-order valence-corrected chi connectivity index (χ1v) is 34.6. The van der Waals surface area contributed by atoms with Gasteiger partial charge in [-0.3, -0.25) is 29.3 Å². The fourth-order valence-corrected chi connectivity index (χ4v) is 17.6. The average molecular weight is 1340 g/mol. The smallest absolute Gasteiger partial charge is 0.337 e. The van der Waals surface area contributed by atoms with E-state index in [2.05, 4.69) is 41.9 Å². The Balaban J connectivity index is 0.000000130. The molecule has 8 unspecified atom stereocenters. The molecule has 5 aliphatic carbocycles. The molecule has 3 N–H and O–H groups in total. The Labute approximate surface area is 568 Å². The number of hydrogen-bond acceptors (Lipinski definition) is 9. The van der Waals surface area contributed by atoms with Crippen LogP contribution >= 0.6 is 23.2 Å². The van der Waals surface area contributed by atoms with Crippen LogP contribution < -0.4 is 20.9 Å². The molecule has 6 aliphatic rings. The first kappa shape index (κ1) is 66.2. The summed E-state index contributed by atoms with van der Waals surface area (Å²) in [4.78, 5) is 65.6. The number of hydrogen-bond donors (Lipinski definition) is 3. The lowest BCUT2D eigenvalue weighted by molar-refractivity contribution is -0.121. The maximum Gasteiger partial charge on any atom is 0.337 e. The first-order valence-electron chi connectivity index (χ1n) is 33.9. The molecule has 17 heteroatoms. The molecule has 1 aliphatic heterocycles. The zero-order valence-electron chi connectivity index (χ0n) is 54.4. The summed E-state index contributed by atoms with van der Waals surface area (Å²) in [5, 5.41) is 13.1. The highest BCUT2D eigenvalue weighted by Gasteiger charge is 2.47. The number of nitrogens with one attached hydrogen (secondary N) is 3. The van der Waals surface area contributed by atoms with E-state index in [1.807, 2.05) is 69.6 Å². The molecule has 0 radical (unpaired) electrons. The second-order valence-corrected chi connectivity index (χ2v) is 28.9. The maximum absolute atomic E-state index is 13.9. The molecule has 4 heterocycles. The number of rotatable bonds is 13. The fraction of sp³-hybridized carbons (Fsp3) is 0.380. The van der Waals surface area contributed by atoms with Gasteiger partial charge in [0.05, 0.1) is 29.2 Å². The van der Waals surface area contributed by atoms with Gasteiger partial charge >= 0.3 is 5.97 Å². The Morgan fingerprint density at radius 2 is 0.844 bits per heavy atom. The van der Waals surface area contributed by atoms with Crippen LogP contribution in [0.15, 0.2) is 164 Å². The van der Waals surface area contributed by atoms with E-state index in [9.17, 15) is 32.3 Å². The number of aromatic nitrogens is 3. The van der Waals surface area contributed by atoms with Gasteiger partial charge < -0.3 is 25.6 Å². The van der Waals surface area contributed by atoms with Crippen molar-refractivity contribution in [1.29, 1.82) is 0 Å². The van der Waals surface area contributed by atoms with Gasteiger partial charge in [0.1, 0.15) is 17.5 Å². The van der Waals surface area contributed by atoms with Gasteiger partial charge in [-0.2, -0.15) is 0 Å². The van der Waals surface area contributed by atoms with Crippen molar-refractivity contribution in [1.82, 2.24) is 15.0 Å². The summed E-state index contributed by atoms with van der Waals surface area (Å²) in [6, 6.07) is 41.8. The molecule has 3 amide bonds. The summed E-state index contributed by atoms with van der Waals surface area (Å²) in [6.45, 7) is 7.99. The summed E-state index contributed by atoms with van der Waals surface area (Å²) in [5.41, 5.74) is 8.68. The van der Waals surface area contributed by atoms with Crippen LogP contribution in [0, 0.1) is 88.5 Å². The summed E-state index contributed by atoms with van der Waals surface area (Å²) in [7, 11) is 1.35. The zero-order chi connectivity index (χ0) is 66.9. The van der Waals surface area contributed by atoms with Gasteiger partial charge in [-0.25, -0.2) is 18.0 Å². The van der Waals surface area contributed by atoms with Crippen LogP contribution in [0.5, 0.6) is 0 Å². The number of ether oxygens (including phenoxy) is 1. The van der Waals surface area contributed by atoms with Gasteiger partial charge in [0.15, 0.2) is 0 Å². The number of esters is 1. The standard InChI is InChI=1S/C28H29FN2O3.C26H26ClFN2O.C25H25ClFN3O/c1-16(27(32)31-23-6-3-17(4-7-23)28(33)34-2)18-11-19-13-21(14-20(19)12-18)24-9-10-30-26-8-5-22(29)15-25(24)26;1-15(26(31)30-22-4-2-3-20(27)13-22)16-9-17-11-19(12-18(17)10-16)23-7-8-29-25-6-5-21(28)14-24(23)25;1-15(25(31)29-21-5-2-19(26)3-6-21)16-10-17-13-30(14-18(17)11-16)24-8-9-28-23-7-4-20(27)12-22(23)24/h3-10,15-16,18-21H,11-14H2,1-2H3,(H,31,32);2-8,13-19H,9-12H2,1H3,(H,30,31);2-9,12,15-18H,10-11,13-14H2,1H3,(H,29,31)/t16?,18?,19-,20+,21?;15?,16?,17-,18+,19?;15?,16?,17-,18+. The van der Waals surface area contributed by atoms with Crippen molar-refractivity contribution in [3.63, 3.8) is 0 Å². The number of fused-ring (bicyclic) bond motifs is 6. The quantitative estimate of drug-likeness (QED) is 0.0957. The molecule has 15 rings (SSSR count). The minimum absolute atomic E-state index is 0.0166. The number of pyridine rings is 3. The number of nitrogens with zero attached hydrogens (tertiary/aromatic N) is 4. The maximum atomic E-state index is 13.9. The molecule has 3 aromatic heterocycles. The van der Waals surface area contributed by atoms with Crippen molar-refractivity contribution < 1.29 is 37.1 Å². The largest absolute Gasteiger partial charge is 0.465 e. The van der Waals surface area contributed by atoms with Crippen LogP contribution in [0.3, 0.4) is 0 Å². The Kier molecular flexibility index (Phi) is 19.8. The zero-order valence-corrected chi connectivity index (χ0v) is 55.9. The van der Waals surface area contributed by atoms with Gasteiger partial charge in [0.2, 0.25) is 17.7 Å². The number of halogens is 5. The summed E-state index contributed by atoms with van der Waals surface area (Å²) >= 11 is 12.0. The van der Waals surface area contributed by atoms with E-state index >= 15 is 0 Å². The Hall–Kier alpha value is -8.40. The molecule has 1 saturated heterocycles. The lowest BCUT2D eigenvalue weighted by Gasteiger charge is -2.24. The van der Waals surface area contributed by atoms with Crippen LogP contribution in [-0.2, 0) is 19.1 Å². The molecular weight excluding hydrogens is 1250 g/mol. The summed E-state index contributed by atoms with van der Waals surface area (Å²) < 4.78 is 46.3. The predicted molar refractivity (Wildman–Crippen MR) is 374 cm³/mol. The lowest BCUT2D eigenvalue weighted by Crippen LogP contribution is -2.28. The van der Waals surface area contributed by atoms with Crippen molar-refractivity contribution in [2.75, 3.05) is 41.0 Å². The highest BCUT2D eigenvalue weighted by atomic mass is 35.5. The number of carbonyl (C=O) groups is 4. The van der Waals surface area contributed by atoms with E-state index in [1.54, 1.807) is 91.1 Å². The second-order valence-electron chi connectivity index (χ2n) is 28.0. The molecule has 96 heavy (non-hydrogen) atoms. The third-order valence-electron chi connectivity index (χ3n) is 22.4. The van der Waals surface area contributed by atoms with Crippen molar-refractivity contribution in [3.05, 3.63) is 208 Å². The van der Waals surface area contributed by atoms with Crippen LogP contribution in [0.1, 0.15) is 118 Å². The van der Waals surface area contributed by atoms with E-state index in [0.29, 0.717) is 86.4 Å². The van der Waals surface area contributed by atoms with Gasteiger partial charge in [0, 0.05) is 98.4 Å². The first-order chi connectivity index (χ1) is 46.4. The molecule has 0 bridgehead atoms. The van der Waals surface area contributed by atoms with Crippen LogP contribution in [0.4, 0.5) is 35.9 Å². The van der Waals surface area contributed by atoms with E-state index in [0.717, 1.165) is 127 Å². The van der Waals surface area contributed by atoms with Gasteiger partial charge in [-0.1, -0.05) is 50.0 Å². The van der Waals surface area contributed by atoms with E-state index in [1.165, 1.54) is 36.4 Å². The SMILES string of the molecule is CC(C(=O)Nc1ccc(Cl)cc1)C1C[C@@H]2CN(c3ccnc4ccc(F)cc34)C[C@@H]2C1.CC(C(=O)Nc1cccc(Cl)c1)C1C[C@H]2CC(c3ccnc4ccc(F)cc34)C[C@H]2C1.COC(=O)c1ccc(NC(=O)C(C)C2C[C@H]3CC(c4ccnc5ccc(F)cc45)C[C@H]3C2)cc1. The highest BCUT2D eigenvalue weighted by Crippen LogP contribution is 2.56. The lowest BCUT2D eigenvalue weighted by atomic mass is 9.86. The minimum Gasteiger partial charge on any atom is -0.465 e. The minimum atomic E-state index is -0.396. The number of carbonyl (C=O) groups excluding carboxylic acids is 4. The number of methoxy groups -OCH3 is 1. The van der Waals surface area contributed by atoms with Crippen molar-refractivity contribution in [2.24, 2.45) is 71.0 Å². The number of amides is 3. The van der Waals surface area contributed by atoms with Crippen molar-refractivity contribution in [3.8, 4) is 0 Å². The summed E-state index contributed by atoms with van der Waals surface area (Å²) in [5.74, 6) is 4.54. The highest BCUT2D eigenvalue weighted by molar-refractivity contribution is 6.31. The van der Waals surface area contributed by atoms with Gasteiger partial charge in [0.25, 0.3) is 0 Å². The van der Waals surface area contributed by atoms with Crippen LogP contribution in [0.25, 0.3) is 32.7 Å². The number of anilines is 4. The molecule has 9 aromatic rings. The van der Waals surface area contributed by atoms with Crippen molar-refractivity contribution in [2.45, 2.75) is 96.8 Å². The fourth-order valence-electron chi connectivity index (χ4n) is 17.3. The van der Waals surface area contributed by atoms with E-state index < -0.39 is 5.97 Å². The molecule has 496 valence electrons. The number of benzene rings is 6. The van der Waals surface area contributed by atoms with Crippen molar-refractivity contribution >= 4 is 102 Å². The van der Waals surface area contributed by atoms with E-state index in [4.69, 9.17) is 27.9 Å². The third-order valence-corrected chi connectivity index (χ3v) is 22.9. The normalized spacial score (nSPS) is 24.8. The summed E-state index contributed by atoms with van der Waals surface area (Å²) in [6.07, 6.45) is 16.2. The van der Waals surface area contributed by atoms with Crippen LogP contribution in [0.2, 0.25) is 10.0 Å². The molecule has 0 spiro atoms. The van der Waals surface area contributed by atoms with E-state index in [-0.39, 0.29) is 52.9 Å². The molecule has 12 nitrogen and oxygen atoms in total. The molecule has 6 fully saturated rings. The molecular formula is C79H80Cl2F3N7O5. The van der Waals surface area contributed by atoms with Gasteiger partial charge in [-0.05, 0) is 280 Å². The monoisotopic (exact) mass is 1330 g/mol. The predicted octanol–water partition coefficient (Wildman–Crippen LogP) is 18.5. The average Bonchev–Trinajstić information content (AvgIpc) is 1.52. The Morgan fingerprint density at radius 1 is 0.448 bits per heavy atom. The topological polar surface area (TPSA) is 156 Å². The molecule has 5 saturated carbocycles. The molecule has 6 aromatic carbocycles. The van der Waals surface area contributed by atoms with Crippen LogP contribution in [-0.4, -0.2) is 58.8 Å². The third kappa shape index (κ3) is 14.6. The Morgan fingerprint density at radius 3 is 1.28 bits per heavy atom. The molecule has 14 atom stereocenters. The second kappa shape index (κ2) is 28.7. The Bertz CT molecular complexity index is 4310. The van der Waals surface area contributed by atoms with Gasteiger partial charge in [-0.15, -0.1) is 0 Å².